The van der Waals surface area contributed by atoms with Crippen LogP contribution in [0.15, 0.2) is 6.20 Å². The third kappa shape index (κ3) is 2.34. The number of carboxylic acids is 1. The Balaban J connectivity index is 2.26. The number of nitrogens with zero attached hydrogens (tertiary/aromatic N) is 1. The molecule has 1 aliphatic rings. The number of aromatic nitrogens is 1. The lowest BCUT2D eigenvalue weighted by atomic mass is 10.2. The molecule has 0 unspecified atom stereocenters. The SMILES string of the molecule is Cc1[nH]cc(NS(=O)(=O)N2CCCC2)c1C(=O)O. The molecule has 0 bridgehead atoms. The van der Waals surface area contributed by atoms with Gasteiger partial charge in [0.05, 0.1) is 5.69 Å². The number of carboxylic acid groups (broad SMARTS) is 1. The summed E-state index contributed by atoms with van der Waals surface area (Å²) in [7, 11) is -3.66. The van der Waals surface area contributed by atoms with Crippen LogP contribution < -0.4 is 4.72 Å². The molecule has 0 spiro atoms. The molecule has 100 valence electrons. The predicted octanol–water partition coefficient (Wildman–Crippen LogP) is 0.774. The van der Waals surface area contributed by atoms with E-state index < -0.39 is 16.2 Å². The first kappa shape index (κ1) is 12.9. The number of rotatable bonds is 4. The molecular formula is C10H15N3O4S. The quantitative estimate of drug-likeness (QED) is 0.754. The second-order valence-electron chi connectivity index (χ2n) is 4.22. The molecule has 3 N–H and O–H groups in total. The molecule has 2 rings (SSSR count). The van der Waals surface area contributed by atoms with E-state index >= 15 is 0 Å². The fourth-order valence-corrected chi connectivity index (χ4v) is 3.32. The Morgan fingerprint density at radius 2 is 2.06 bits per heavy atom. The third-order valence-corrected chi connectivity index (χ3v) is 4.46. The van der Waals surface area contributed by atoms with Crippen LogP contribution in [0.1, 0.15) is 28.9 Å². The Morgan fingerprint density at radius 3 is 2.61 bits per heavy atom. The van der Waals surface area contributed by atoms with Crippen LogP contribution >= 0.6 is 0 Å². The minimum absolute atomic E-state index is 0.0437. The lowest BCUT2D eigenvalue weighted by molar-refractivity contribution is 0.0697. The number of aryl methyl sites for hydroxylation is 1. The minimum Gasteiger partial charge on any atom is -0.478 e. The summed E-state index contributed by atoms with van der Waals surface area (Å²) in [5, 5.41) is 9.03. The smallest absolute Gasteiger partial charge is 0.339 e. The van der Waals surface area contributed by atoms with E-state index in [1.54, 1.807) is 6.92 Å². The molecule has 0 aliphatic carbocycles. The minimum atomic E-state index is -3.66. The number of nitrogens with one attached hydrogen (secondary N) is 2. The lowest BCUT2D eigenvalue weighted by Crippen LogP contribution is -2.33. The summed E-state index contributed by atoms with van der Waals surface area (Å²) in [6.07, 6.45) is 3.02. The van der Waals surface area contributed by atoms with Gasteiger partial charge in [-0.25, -0.2) is 4.79 Å². The Kier molecular flexibility index (Phi) is 3.31. The number of aromatic carboxylic acids is 1. The fourth-order valence-electron chi connectivity index (χ4n) is 2.01. The molecule has 7 nitrogen and oxygen atoms in total. The number of H-pyrrole nitrogens is 1. The average molecular weight is 273 g/mol. The van der Waals surface area contributed by atoms with E-state index in [1.165, 1.54) is 10.5 Å². The summed E-state index contributed by atoms with van der Waals surface area (Å²) >= 11 is 0. The number of hydrogen-bond acceptors (Lipinski definition) is 3. The van der Waals surface area contributed by atoms with E-state index in [-0.39, 0.29) is 11.3 Å². The van der Waals surface area contributed by atoms with Gasteiger partial charge in [-0.3, -0.25) is 4.72 Å². The van der Waals surface area contributed by atoms with E-state index in [0.29, 0.717) is 18.8 Å². The molecular weight excluding hydrogens is 258 g/mol. The van der Waals surface area contributed by atoms with Crippen LogP contribution in [-0.4, -0.2) is 41.9 Å². The fraction of sp³-hybridized carbons (Fsp3) is 0.500. The predicted molar refractivity (Wildman–Crippen MR) is 65.8 cm³/mol. The lowest BCUT2D eigenvalue weighted by Gasteiger charge is -2.16. The summed E-state index contributed by atoms with van der Waals surface area (Å²) in [6, 6.07) is 0. The molecule has 0 atom stereocenters. The maximum absolute atomic E-state index is 12.0. The van der Waals surface area contributed by atoms with Crippen molar-refractivity contribution < 1.29 is 18.3 Å². The van der Waals surface area contributed by atoms with Gasteiger partial charge < -0.3 is 10.1 Å². The van der Waals surface area contributed by atoms with E-state index in [1.807, 2.05) is 0 Å². The Labute approximate surface area is 105 Å². The van der Waals surface area contributed by atoms with Gasteiger partial charge >= 0.3 is 16.2 Å². The topological polar surface area (TPSA) is 103 Å². The summed E-state index contributed by atoms with van der Waals surface area (Å²) in [4.78, 5) is 13.7. The van der Waals surface area contributed by atoms with Crippen LogP contribution in [0.5, 0.6) is 0 Å². The second kappa shape index (κ2) is 4.62. The van der Waals surface area contributed by atoms with Crippen molar-refractivity contribution in [3.63, 3.8) is 0 Å². The van der Waals surface area contributed by atoms with Gasteiger partial charge in [0.15, 0.2) is 0 Å². The maximum Gasteiger partial charge on any atom is 0.339 e. The van der Waals surface area contributed by atoms with Gasteiger partial charge in [-0.1, -0.05) is 0 Å². The molecule has 1 aromatic heterocycles. The van der Waals surface area contributed by atoms with Crippen molar-refractivity contribution >= 4 is 21.9 Å². The molecule has 8 heteroatoms. The van der Waals surface area contributed by atoms with Crippen molar-refractivity contribution in [1.82, 2.24) is 9.29 Å². The maximum atomic E-state index is 12.0. The van der Waals surface area contributed by atoms with Crippen LogP contribution in [0.2, 0.25) is 0 Å². The molecule has 0 amide bonds. The van der Waals surface area contributed by atoms with Crippen LogP contribution in [0.25, 0.3) is 0 Å². The first-order valence-electron chi connectivity index (χ1n) is 5.61. The normalized spacial score (nSPS) is 16.9. The second-order valence-corrected chi connectivity index (χ2v) is 5.89. The number of aromatic amines is 1. The Hall–Kier alpha value is -1.54. The summed E-state index contributed by atoms with van der Waals surface area (Å²) in [5.41, 5.74) is 0.450. The molecule has 0 aromatic carbocycles. The molecule has 1 fully saturated rings. The Morgan fingerprint density at radius 1 is 1.44 bits per heavy atom. The highest BCUT2D eigenvalue weighted by Crippen LogP contribution is 2.22. The van der Waals surface area contributed by atoms with Crippen molar-refractivity contribution in [1.29, 1.82) is 0 Å². The number of carbonyl (C=O) groups is 1. The van der Waals surface area contributed by atoms with Crippen LogP contribution in [0, 0.1) is 6.92 Å². The molecule has 18 heavy (non-hydrogen) atoms. The average Bonchev–Trinajstić information content (AvgIpc) is 2.87. The zero-order chi connectivity index (χ0) is 13.3. The monoisotopic (exact) mass is 273 g/mol. The number of hydrogen-bond donors (Lipinski definition) is 3. The van der Waals surface area contributed by atoms with Gasteiger partial charge in [0.2, 0.25) is 0 Å². The van der Waals surface area contributed by atoms with Gasteiger partial charge in [-0.2, -0.15) is 12.7 Å². The zero-order valence-corrected chi connectivity index (χ0v) is 10.7. The van der Waals surface area contributed by atoms with Crippen molar-refractivity contribution in [2.75, 3.05) is 17.8 Å². The van der Waals surface area contributed by atoms with E-state index in [4.69, 9.17) is 5.11 Å². The molecule has 2 heterocycles. The van der Waals surface area contributed by atoms with Crippen LogP contribution in [0.4, 0.5) is 5.69 Å². The highest BCUT2D eigenvalue weighted by atomic mass is 32.2. The molecule has 1 saturated heterocycles. The van der Waals surface area contributed by atoms with Crippen molar-refractivity contribution in [3.05, 3.63) is 17.5 Å². The standard InChI is InChI=1S/C10H15N3O4S/c1-7-9(10(14)15)8(6-11-7)12-18(16,17)13-4-2-3-5-13/h6,11-12H,2-5H2,1H3,(H,14,15). The van der Waals surface area contributed by atoms with Crippen LogP contribution in [-0.2, 0) is 10.2 Å². The van der Waals surface area contributed by atoms with E-state index in [2.05, 4.69) is 9.71 Å². The zero-order valence-electron chi connectivity index (χ0n) is 9.93. The van der Waals surface area contributed by atoms with Crippen molar-refractivity contribution in [3.8, 4) is 0 Å². The molecule has 1 aromatic rings. The van der Waals surface area contributed by atoms with Gasteiger partial charge in [-0.05, 0) is 19.8 Å². The highest BCUT2D eigenvalue weighted by Gasteiger charge is 2.27. The first-order chi connectivity index (χ1) is 8.42. The van der Waals surface area contributed by atoms with E-state index in [9.17, 15) is 13.2 Å². The number of anilines is 1. The largest absolute Gasteiger partial charge is 0.478 e. The summed E-state index contributed by atoms with van der Waals surface area (Å²) in [5.74, 6) is -1.16. The summed E-state index contributed by atoms with van der Waals surface area (Å²) < 4.78 is 27.6. The van der Waals surface area contributed by atoms with Crippen LogP contribution in [0.3, 0.4) is 0 Å². The molecule has 0 saturated carbocycles. The van der Waals surface area contributed by atoms with Gasteiger partial charge in [-0.15, -0.1) is 0 Å². The van der Waals surface area contributed by atoms with Crippen molar-refractivity contribution in [2.45, 2.75) is 19.8 Å². The first-order valence-corrected chi connectivity index (χ1v) is 7.05. The Bertz CT molecular complexity index is 558. The van der Waals surface area contributed by atoms with E-state index in [0.717, 1.165) is 12.8 Å². The highest BCUT2D eigenvalue weighted by molar-refractivity contribution is 7.90. The van der Waals surface area contributed by atoms with Gasteiger partial charge in [0, 0.05) is 25.0 Å². The van der Waals surface area contributed by atoms with Gasteiger partial charge in [0.25, 0.3) is 0 Å². The van der Waals surface area contributed by atoms with Gasteiger partial charge in [0.1, 0.15) is 5.56 Å². The molecule has 0 radical (unpaired) electrons. The van der Waals surface area contributed by atoms with Crippen molar-refractivity contribution in [2.24, 2.45) is 0 Å². The molecule has 1 aliphatic heterocycles. The summed E-state index contributed by atoms with van der Waals surface area (Å²) in [6.45, 7) is 2.53. The third-order valence-electron chi connectivity index (χ3n) is 2.94.